The van der Waals surface area contributed by atoms with Crippen molar-refractivity contribution in [2.45, 2.75) is 38.3 Å². The molecule has 3 nitrogen and oxygen atoms in total. The summed E-state index contributed by atoms with van der Waals surface area (Å²) >= 11 is 8.59. The highest BCUT2D eigenvalue weighted by molar-refractivity contribution is 9.10. The van der Waals surface area contributed by atoms with E-state index in [9.17, 15) is 0 Å². The fourth-order valence-corrected chi connectivity index (χ4v) is 2.96. The Morgan fingerprint density at radius 1 is 1.53 bits per heavy atom. The zero-order chi connectivity index (χ0) is 14.0. The van der Waals surface area contributed by atoms with Gasteiger partial charge in [0.1, 0.15) is 4.99 Å². The van der Waals surface area contributed by atoms with Gasteiger partial charge in [0, 0.05) is 28.4 Å². The molecule has 0 amide bonds. The minimum absolute atomic E-state index is 0.0781. The predicted molar refractivity (Wildman–Crippen MR) is 86.7 cm³/mol. The molecule has 1 atom stereocenters. The van der Waals surface area contributed by atoms with Gasteiger partial charge in [-0.25, -0.2) is 0 Å². The third kappa shape index (κ3) is 3.91. The highest BCUT2D eigenvalue weighted by atomic mass is 79.9. The van der Waals surface area contributed by atoms with Crippen LogP contribution in [0.25, 0.3) is 0 Å². The van der Waals surface area contributed by atoms with Crippen molar-refractivity contribution >= 4 is 38.8 Å². The van der Waals surface area contributed by atoms with Crippen molar-refractivity contribution < 1.29 is 4.74 Å². The molecule has 5 heteroatoms. The molecule has 104 valence electrons. The fraction of sp³-hybridized carbons (Fsp3) is 0.500. The Balaban J connectivity index is 2.18. The lowest BCUT2D eigenvalue weighted by atomic mass is 9.93. The van der Waals surface area contributed by atoms with Gasteiger partial charge < -0.3 is 15.8 Å². The van der Waals surface area contributed by atoms with Crippen molar-refractivity contribution in [2.24, 2.45) is 5.73 Å². The van der Waals surface area contributed by atoms with Gasteiger partial charge in [-0.3, -0.25) is 0 Å². The second-order valence-corrected chi connectivity index (χ2v) is 6.85. The average molecular weight is 343 g/mol. The maximum Gasteiger partial charge on any atom is 0.106 e. The van der Waals surface area contributed by atoms with E-state index in [2.05, 4.69) is 35.1 Å². The lowest BCUT2D eigenvalue weighted by Crippen LogP contribution is -2.40. The van der Waals surface area contributed by atoms with Crippen LogP contribution >= 0.6 is 28.1 Å². The zero-order valence-electron chi connectivity index (χ0n) is 11.2. The number of thiocarbonyl (C=S) groups is 1. The molecule has 1 saturated heterocycles. The summed E-state index contributed by atoms with van der Waals surface area (Å²) in [5, 5.41) is 3.55. The first kappa shape index (κ1) is 14.8. The first-order chi connectivity index (χ1) is 8.87. The van der Waals surface area contributed by atoms with Crippen LogP contribution in [0.1, 0.15) is 32.3 Å². The molecule has 0 saturated carbocycles. The molecular formula is C14H19BrN2OS. The van der Waals surface area contributed by atoms with Crippen molar-refractivity contribution in [3.8, 4) is 0 Å². The van der Waals surface area contributed by atoms with Crippen LogP contribution in [0.15, 0.2) is 22.7 Å². The largest absolute Gasteiger partial charge is 0.389 e. The second kappa shape index (κ2) is 5.77. The van der Waals surface area contributed by atoms with Gasteiger partial charge >= 0.3 is 0 Å². The summed E-state index contributed by atoms with van der Waals surface area (Å²) in [6.07, 6.45) is 1.96. The van der Waals surface area contributed by atoms with Crippen LogP contribution in [0.2, 0.25) is 0 Å². The Bertz CT molecular complexity index is 490. The number of benzene rings is 1. The molecule has 0 radical (unpaired) electrons. The molecule has 1 aliphatic rings. The lowest BCUT2D eigenvalue weighted by Gasteiger charge is -2.36. The van der Waals surface area contributed by atoms with Crippen molar-refractivity contribution in [2.75, 3.05) is 11.9 Å². The molecule has 2 rings (SSSR count). The smallest absolute Gasteiger partial charge is 0.106 e. The Morgan fingerprint density at radius 3 is 2.89 bits per heavy atom. The van der Waals surface area contributed by atoms with E-state index < -0.39 is 0 Å². The number of nitrogens with one attached hydrogen (secondary N) is 1. The maximum atomic E-state index is 5.77. The number of hydrogen-bond donors (Lipinski definition) is 2. The Kier molecular flexibility index (Phi) is 4.48. The summed E-state index contributed by atoms with van der Waals surface area (Å²) in [7, 11) is 0. The predicted octanol–water partition coefficient (Wildman–Crippen LogP) is 3.45. The van der Waals surface area contributed by atoms with E-state index in [1.165, 1.54) is 0 Å². The lowest BCUT2D eigenvalue weighted by molar-refractivity contribution is -0.0553. The normalized spacial score (nSPS) is 21.9. The first-order valence-corrected chi connectivity index (χ1v) is 7.57. The van der Waals surface area contributed by atoms with Crippen LogP contribution in [0, 0.1) is 0 Å². The summed E-state index contributed by atoms with van der Waals surface area (Å²) in [6, 6.07) is 6.30. The summed E-state index contributed by atoms with van der Waals surface area (Å²) in [5.74, 6) is 0. The van der Waals surface area contributed by atoms with Gasteiger partial charge in [-0.15, -0.1) is 0 Å². The number of rotatable bonds is 3. The molecule has 1 aromatic rings. The Hall–Kier alpha value is -0.650. The Morgan fingerprint density at radius 2 is 2.26 bits per heavy atom. The maximum absolute atomic E-state index is 5.77. The third-order valence-corrected chi connectivity index (χ3v) is 4.02. The van der Waals surface area contributed by atoms with Gasteiger partial charge in [-0.2, -0.15) is 0 Å². The van der Waals surface area contributed by atoms with Crippen molar-refractivity contribution in [1.82, 2.24) is 0 Å². The van der Waals surface area contributed by atoms with Crippen molar-refractivity contribution in [3.63, 3.8) is 0 Å². The van der Waals surface area contributed by atoms with E-state index in [1.54, 1.807) is 0 Å². The number of ether oxygens (including phenoxy) is 1. The Labute approximate surface area is 128 Å². The average Bonchev–Trinajstić information content (AvgIpc) is 2.27. The molecule has 1 aliphatic heterocycles. The summed E-state index contributed by atoms with van der Waals surface area (Å²) in [4.78, 5) is 0.418. The number of nitrogens with two attached hydrogens (primary N) is 1. The number of anilines is 1. The fourth-order valence-electron chi connectivity index (χ4n) is 2.43. The minimum Gasteiger partial charge on any atom is -0.389 e. The minimum atomic E-state index is -0.0781. The molecular weight excluding hydrogens is 324 g/mol. The van der Waals surface area contributed by atoms with E-state index in [4.69, 9.17) is 22.7 Å². The van der Waals surface area contributed by atoms with Crippen LogP contribution in [0.4, 0.5) is 5.69 Å². The van der Waals surface area contributed by atoms with Gasteiger partial charge in [0.25, 0.3) is 0 Å². The van der Waals surface area contributed by atoms with E-state index in [0.29, 0.717) is 11.0 Å². The third-order valence-electron chi connectivity index (χ3n) is 3.30. The molecule has 0 aromatic heterocycles. The van der Waals surface area contributed by atoms with E-state index >= 15 is 0 Å². The van der Waals surface area contributed by atoms with Gasteiger partial charge in [-0.05, 0) is 44.9 Å². The molecule has 0 spiro atoms. The summed E-state index contributed by atoms with van der Waals surface area (Å²) in [5.41, 5.74) is 7.58. The van der Waals surface area contributed by atoms with Crippen molar-refractivity contribution in [1.29, 1.82) is 0 Å². The van der Waals surface area contributed by atoms with E-state index in [1.807, 2.05) is 18.2 Å². The van der Waals surface area contributed by atoms with Gasteiger partial charge in [0.15, 0.2) is 0 Å². The van der Waals surface area contributed by atoms with Gasteiger partial charge in [0.2, 0.25) is 0 Å². The molecule has 19 heavy (non-hydrogen) atoms. The van der Waals surface area contributed by atoms with E-state index in [-0.39, 0.29) is 5.60 Å². The van der Waals surface area contributed by atoms with Gasteiger partial charge in [-0.1, -0.05) is 28.1 Å². The molecule has 1 fully saturated rings. The zero-order valence-corrected chi connectivity index (χ0v) is 13.6. The molecule has 1 unspecified atom stereocenters. The van der Waals surface area contributed by atoms with Crippen molar-refractivity contribution in [3.05, 3.63) is 28.2 Å². The molecule has 1 heterocycles. The van der Waals surface area contributed by atoms with E-state index in [0.717, 1.165) is 35.2 Å². The van der Waals surface area contributed by atoms with Crippen LogP contribution in [-0.4, -0.2) is 23.2 Å². The second-order valence-electron chi connectivity index (χ2n) is 5.50. The van der Waals surface area contributed by atoms with Crippen LogP contribution in [-0.2, 0) is 4.74 Å². The standard InChI is InChI=1S/C14H19BrN2OS/c1-14(2)8-10(5-6-18-14)17-12-7-9(15)3-4-11(12)13(16)19/h3-4,7,10,17H,5-6,8H2,1-2H3,(H2,16,19). The van der Waals surface area contributed by atoms with Crippen LogP contribution < -0.4 is 11.1 Å². The topological polar surface area (TPSA) is 47.3 Å². The first-order valence-electron chi connectivity index (χ1n) is 6.37. The summed E-state index contributed by atoms with van der Waals surface area (Å²) in [6.45, 7) is 5.02. The van der Waals surface area contributed by atoms with Crippen LogP contribution in [0.3, 0.4) is 0 Å². The van der Waals surface area contributed by atoms with Gasteiger partial charge in [0.05, 0.1) is 5.60 Å². The molecule has 3 N–H and O–H groups in total. The highest BCUT2D eigenvalue weighted by Crippen LogP contribution is 2.29. The van der Waals surface area contributed by atoms with Crippen LogP contribution in [0.5, 0.6) is 0 Å². The summed E-state index contributed by atoms with van der Waals surface area (Å²) < 4.78 is 6.75. The molecule has 1 aromatic carbocycles. The SMILES string of the molecule is CC1(C)CC(Nc2cc(Br)ccc2C(N)=S)CCO1. The number of hydrogen-bond acceptors (Lipinski definition) is 3. The number of halogens is 1. The monoisotopic (exact) mass is 342 g/mol. The quantitative estimate of drug-likeness (QED) is 0.826. The molecule has 0 aliphatic carbocycles. The molecule has 0 bridgehead atoms. The highest BCUT2D eigenvalue weighted by Gasteiger charge is 2.29.